The van der Waals surface area contributed by atoms with Crippen LogP contribution in [0.5, 0.6) is 5.75 Å². The Hall–Kier alpha value is -2.20. The largest absolute Gasteiger partial charge is 0.497 e. The normalized spacial score (nSPS) is 16.5. The van der Waals surface area contributed by atoms with Gasteiger partial charge >= 0.3 is 0 Å². The molecular formula is C19H23ClN2O2. The number of nitrogens with two attached hydrogens (primary N) is 1. The number of anilines is 1. The van der Waals surface area contributed by atoms with Crippen molar-refractivity contribution in [3.63, 3.8) is 0 Å². The maximum Gasteiger partial charge on any atom is 0.227 e. The maximum atomic E-state index is 12.7. The third kappa shape index (κ3) is 4.01. The summed E-state index contributed by atoms with van der Waals surface area (Å²) in [6.07, 6.45) is 2.46. The van der Waals surface area contributed by atoms with Gasteiger partial charge in [-0.3, -0.25) is 4.79 Å². The van der Waals surface area contributed by atoms with Gasteiger partial charge in [0.15, 0.2) is 0 Å². The van der Waals surface area contributed by atoms with Crippen LogP contribution in [0, 0.1) is 0 Å². The van der Waals surface area contributed by atoms with Gasteiger partial charge in [0.1, 0.15) is 5.75 Å². The van der Waals surface area contributed by atoms with Crippen molar-refractivity contribution in [3.05, 3.63) is 59.7 Å². The Morgan fingerprint density at radius 2 is 2.00 bits per heavy atom. The first-order valence-electron chi connectivity index (χ1n) is 7.95. The zero-order chi connectivity index (χ0) is 16.2. The molecule has 1 aliphatic heterocycles. The van der Waals surface area contributed by atoms with Crippen LogP contribution < -0.4 is 10.5 Å². The molecule has 1 amide bonds. The van der Waals surface area contributed by atoms with E-state index in [2.05, 4.69) is 6.07 Å². The van der Waals surface area contributed by atoms with E-state index < -0.39 is 0 Å². The third-order valence-corrected chi connectivity index (χ3v) is 4.39. The average molecular weight is 347 g/mol. The van der Waals surface area contributed by atoms with Gasteiger partial charge in [0, 0.05) is 12.2 Å². The molecule has 1 aliphatic rings. The third-order valence-electron chi connectivity index (χ3n) is 4.39. The molecule has 0 saturated carbocycles. The summed E-state index contributed by atoms with van der Waals surface area (Å²) in [5, 5.41) is 0. The molecule has 2 aromatic rings. The Balaban J connectivity index is 0.00000208. The van der Waals surface area contributed by atoms with E-state index >= 15 is 0 Å². The number of carbonyl (C=O) groups excluding carboxylic acids is 1. The SMILES string of the molecule is COc1cccc(C2CCCN2C(=O)Cc2ccc(N)cc2)c1.Cl. The first-order chi connectivity index (χ1) is 11.2. The van der Waals surface area contributed by atoms with Gasteiger partial charge in [0.2, 0.25) is 5.91 Å². The number of rotatable bonds is 4. The molecule has 1 unspecified atom stereocenters. The highest BCUT2D eigenvalue weighted by atomic mass is 35.5. The Morgan fingerprint density at radius 3 is 2.71 bits per heavy atom. The van der Waals surface area contributed by atoms with E-state index in [0.717, 1.165) is 42.0 Å². The first-order valence-corrected chi connectivity index (χ1v) is 7.95. The van der Waals surface area contributed by atoms with Crippen LogP contribution in [0.25, 0.3) is 0 Å². The van der Waals surface area contributed by atoms with E-state index in [1.54, 1.807) is 7.11 Å². The lowest BCUT2D eigenvalue weighted by Crippen LogP contribution is -2.31. The standard InChI is InChI=1S/C19H22N2O2.ClH/c1-23-17-5-2-4-15(13-17)18-6-3-11-21(18)19(22)12-14-7-9-16(20)10-8-14;/h2,4-5,7-10,13,18H,3,6,11-12,20H2,1H3;1H. The second-order valence-corrected chi connectivity index (χ2v) is 5.94. The van der Waals surface area contributed by atoms with Crippen molar-refractivity contribution in [2.75, 3.05) is 19.4 Å². The van der Waals surface area contributed by atoms with Gasteiger partial charge in [-0.1, -0.05) is 24.3 Å². The number of nitrogens with zero attached hydrogens (tertiary/aromatic N) is 1. The van der Waals surface area contributed by atoms with Gasteiger partial charge in [0.25, 0.3) is 0 Å². The molecule has 24 heavy (non-hydrogen) atoms. The molecule has 0 aromatic heterocycles. The predicted molar refractivity (Wildman–Crippen MR) is 98.5 cm³/mol. The van der Waals surface area contributed by atoms with Crippen LogP contribution in [0.3, 0.4) is 0 Å². The van der Waals surface area contributed by atoms with E-state index in [-0.39, 0.29) is 24.4 Å². The molecule has 1 saturated heterocycles. The Labute approximate surface area is 149 Å². The highest BCUT2D eigenvalue weighted by molar-refractivity contribution is 5.85. The molecular weight excluding hydrogens is 324 g/mol. The molecule has 2 aromatic carbocycles. The Bertz CT molecular complexity index is 688. The number of carbonyl (C=O) groups is 1. The second kappa shape index (κ2) is 8.06. The molecule has 1 heterocycles. The van der Waals surface area contributed by atoms with Crippen molar-refractivity contribution in [2.45, 2.75) is 25.3 Å². The minimum Gasteiger partial charge on any atom is -0.497 e. The van der Waals surface area contributed by atoms with Crippen molar-refractivity contribution in [1.29, 1.82) is 0 Å². The number of hydrogen-bond donors (Lipinski definition) is 1. The van der Waals surface area contributed by atoms with E-state index in [1.165, 1.54) is 0 Å². The van der Waals surface area contributed by atoms with Crippen molar-refractivity contribution < 1.29 is 9.53 Å². The highest BCUT2D eigenvalue weighted by Crippen LogP contribution is 2.33. The smallest absolute Gasteiger partial charge is 0.227 e. The summed E-state index contributed by atoms with van der Waals surface area (Å²) in [6.45, 7) is 0.815. The Morgan fingerprint density at radius 1 is 1.25 bits per heavy atom. The second-order valence-electron chi connectivity index (χ2n) is 5.94. The minimum absolute atomic E-state index is 0. The molecule has 0 radical (unpaired) electrons. The van der Waals surface area contributed by atoms with Crippen LogP contribution in [0.4, 0.5) is 5.69 Å². The van der Waals surface area contributed by atoms with Crippen molar-refractivity contribution in [3.8, 4) is 5.75 Å². The van der Waals surface area contributed by atoms with Gasteiger partial charge < -0.3 is 15.4 Å². The van der Waals surface area contributed by atoms with Gasteiger partial charge in [-0.2, -0.15) is 0 Å². The molecule has 128 valence electrons. The van der Waals surface area contributed by atoms with E-state index in [1.807, 2.05) is 47.4 Å². The summed E-state index contributed by atoms with van der Waals surface area (Å²) in [5.74, 6) is 1.00. The van der Waals surface area contributed by atoms with Gasteiger partial charge in [-0.05, 0) is 48.2 Å². The molecule has 5 heteroatoms. The number of benzene rings is 2. The number of methoxy groups -OCH3 is 1. The van der Waals surface area contributed by atoms with E-state index in [0.29, 0.717) is 6.42 Å². The number of nitrogen functional groups attached to an aromatic ring is 1. The van der Waals surface area contributed by atoms with Crippen molar-refractivity contribution in [2.24, 2.45) is 0 Å². The molecule has 4 nitrogen and oxygen atoms in total. The predicted octanol–water partition coefficient (Wildman–Crippen LogP) is 3.61. The summed E-state index contributed by atoms with van der Waals surface area (Å²) in [4.78, 5) is 14.7. The average Bonchev–Trinajstić information content (AvgIpc) is 3.07. The summed E-state index contributed by atoms with van der Waals surface area (Å²) >= 11 is 0. The lowest BCUT2D eigenvalue weighted by molar-refractivity contribution is -0.131. The van der Waals surface area contributed by atoms with Crippen LogP contribution in [-0.4, -0.2) is 24.5 Å². The number of hydrogen-bond acceptors (Lipinski definition) is 3. The fourth-order valence-electron chi connectivity index (χ4n) is 3.17. The van der Waals surface area contributed by atoms with Crippen LogP contribution in [-0.2, 0) is 11.2 Å². The highest BCUT2D eigenvalue weighted by Gasteiger charge is 2.29. The van der Waals surface area contributed by atoms with Crippen LogP contribution >= 0.6 is 12.4 Å². The minimum atomic E-state index is 0. The lowest BCUT2D eigenvalue weighted by Gasteiger charge is -2.25. The fraction of sp³-hybridized carbons (Fsp3) is 0.316. The summed E-state index contributed by atoms with van der Waals surface area (Å²) in [6, 6.07) is 15.7. The maximum absolute atomic E-state index is 12.7. The molecule has 1 fully saturated rings. The molecule has 3 rings (SSSR count). The zero-order valence-corrected chi connectivity index (χ0v) is 14.6. The van der Waals surface area contributed by atoms with E-state index in [4.69, 9.17) is 10.5 Å². The number of halogens is 1. The summed E-state index contributed by atoms with van der Waals surface area (Å²) < 4.78 is 5.30. The van der Waals surface area contributed by atoms with Gasteiger partial charge in [-0.25, -0.2) is 0 Å². The zero-order valence-electron chi connectivity index (χ0n) is 13.8. The Kier molecular flexibility index (Phi) is 6.10. The van der Waals surface area contributed by atoms with Crippen molar-refractivity contribution in [1.82, 2.24) is 4.90 Å². The monoisotopic (exact) mass is 346 g/mol. The number of ether oxygens (including phenoxy) is 1. The fourth-order valence-corrected chi connectivity index (χ4v) is 3.17. The summed E-state index contributed by atoms with van der Waals surface area (Å²) in [7, 11) is 1.66. The topological polar surface area (TPSA) is 55.6 Å². The molecule has 0 bridgehead atoms. The van der Waals surface area contributed by atoms with Crippen LogP contribution in [0.1, 0.15) is 30.0 Å². The van der Waals surface area contributed by atoms with Gasteiger partial charge in [-0.15, -0.1) is 12.4 Å². The number of amides is 1. The van der Waals surface area contributed by atoms with Crippen LogP contribution in [0.15, 0.2) is 48.5 Å². The van der Waals surface area contributed by atoms with Crippen LogP contribution in [0.2, 0.25) is 0 Å². The quantitative estimate of drug-likeness (QED) is 0.860. The molecule has 2 N–H and O–H groups in total. The molecule has 0 aliphatic carbocycles. The van der Waals surface area contributed by atoms with Crippen molar-refractivity contribution >= 4 is 24.0 Å². The molecule has 1 atom stereocenters. The van der Waals surface area contributed by atoms with Gasteiger partial charge in [0.05, 0.1) is 19.6 Å². The summed E-state index contributed by atoms with van der Waals surface area (Å²) in [5.41, 5.74) is 8.56. The lowest BCUT2D eigenvalue weighted by atomic mass is 10.0. The molecule has 0 spiro atoms. The number of likely N-dealkylation sites (tertiary alicyclic amines) is 1. The first kappa shape index (κ1) is 18.1. The van der Waals surface area contributed by atoms with E-state index in [9.17, 15) is 4.79 Å².